The second kappa shape index (κ2) is 15.9. The summed E-state index contributed by atoms with van der Waals surface area (Å²) in [6, 6.07) is 3.56. The molecule has 10 N–H and O–H groups in total. The van der Waals surface area contributed by atoms with Crippen LogP contribution in [0.1, 0.15) is 24.8 Å². The molecule has 15 nitrogen and oxygen atoms in total. The lowest BCUT2D eigenvalue weighted by atomic mass is 10.0. The summed E-state index contributed by atoms with van der Waals surface area (Å²) in [4.78, 5) is 79.9. The monoisotopic (exact) mass is 578 g/mol. The van der Waals surface area contributed by atoms with Gasteiger partial charge in [0.2, 0.25) is 29.5 Å². The van der Waals surface area contributed by atoms with Crippen LogP contribution < -0.4 is 38.1 Å². The van der Waals surface area contributed by atoms with Gasteiger partial charge in [-0.15, -0.1) is 0 Å². The second-order valence-electron chi connectivity index (χ2n) is 8.94. The van der Waals surface area contributed by atoms with E-state index < -0.39 is 72.6 Å². The Bertz CT molecular complexity index is 1110. The number of benzene rings is 1. The molecule has 0 unspecified atom stereocenters. The van der Waals surface area contributed by atoms with Crippen molar-refractivity contribution in [1.82, 2.24) is 26.6 Å². The van der Waals surface area contributed by atoms with Crippen molar-refractivity contribution < 1.29 is 33.9 Å². The highest BCUT2D eigenvalue weighted by Gasteiger charge is 2.32. The Morgan fingerprint density at radius 2 is 1.48 bits per heavy atom. The Labute approximate surface area is 235 Å². The highest BCUT2D eigenvalue weighted by molar-refractivity contribution is 7.80. The lowest BCUT2D eigenvalue weighted by Gasteiger charge is -2.25. The van der Waals surface area contributed by atoms with Crippen LogP contribution in [0, 0.1) is 0 Å². The highest BCUT2D eigenvalue weighted by atomic mass is 32.1. The maximum Gasteiger partial charge on any atom is 0.305 e. The zero-order valence-electron chi connectivity index (χ0n) is 21.6. The number of aliphatic imine (C=N–C) groups is 1. The van der Waals surface area contributed by atoms with Gasteiger partial charge in [-0.1, -0.05) is 30.3 Å². The molecule has 16 heteroatoms. The average Bonchev–Trinajstić information content (AvgIpc) is 2.90. The number of guanidine groups is 1. The van der Waals surface area contributed by atoms with E-state index in [1.165, 1.54) is 0 Å². The lowest BCUT2D eigenvalue weighted by molar-refractivity contribution is -0.141. The summed E-state index contributed by atoms with van der Waals surface area (Å²) in [7, 11) is 0. The van der Waals surface area contributed by atoms with Crippen LogP contribution in [-0.4, -0.2) is 89.6 Å². The minimum absolute atomic E-state index is 0.000516. The first kappa shape index (κ1) is 31.9. The molecule has 0 radical (unpaired) electrons. The molecule has 1 aliphatic heterocycles. The number of hydrogen-bond donors (Lipinski definition) is 9. The van der Waals surface area contributed by atoms with Gasteiger partial charge in [0.15, 0.2) is 5.96 Å². The Balaban J connectivity index is 2.38. The van der Waals surface area contributed by atoms with E-state index in [0.717, 1.165) is 0 Å². The number of nitrogens with two attached hydrogens (primary N) is 2. The number of carboxylic acid groups (broad SMARTS) is 1. The molecule has 0 spiro atoms. The largest absolute Gasteiger partial charge is 0.481 e. The van der Waals surface area contributed by atoms with Gasteiger partial charge >= 0.3 is 5.97 Å². The van der Waals surface area contributed by atoms with Crippen molar-refractivity contribution in [2.75, 3.05) is 18.8 Å². The molecule has 1 aromatic carbocycles. The minimum Gasteiger partial charge on any atom is -0.481 e. The average molecular weight is 579 g/mol. The summed E-state index contributed by atoms with van der Waals surface area (Å²) in [5.74, 6) is -5.66. The molecule has 0 bridgehead atoms. The molecule has 4 atom stereocenters. The van der Waals surface area contributed by atoms with Gasteiger partial charge in [-0.2, -0.15) is 12.6 Å². The molecular weight excluding hydrogens is 544 g/mol. The van der Waals surface area contributed by atoms with Crippen LogP contribution in [0.25, 0.3) is 0 Å². The predicted octanol–water partition coefficient (Wildman–Crippen LogP) is -3.24. The number of thiol groups is 1. The van der Waals surface area contributed by atoms with E-state index in [2.05, 4.69) is 44.2 Å². The molecular formula is C24H34N8O7S. The van der Waals surface area contributed by atoms with Gasteiger partial charge in [0.1, 0.15) is 24.2 Å². The van der Waals surface area contributed by atoms with E-state index >= 15 is 0 Å². The van der Waals surface area contributed by atoms with E-state index in [4.69, 9.17) is 11.5 Å². The van der Waals surface area contributed by atoms with Gasteiger partial charge in [-0.25, -0.2) is 0 Å². The van der Waals surface area contributed by atoms with Gasteiger partial charge in [0.25, 0.3) is 0 Å². The normalized spacial score (nSPS) is 22.8. The maximum absolute atomic E-state index is 13.3. The molecule has 40 heavy (non-hydrogen) atoms. The van der Waals surface area contributed by atoms with E-state index in [1.807, 2.05) is 0 Å². The first-order valence-corrected chi connectivity index (χ1v) is 13.0. The fraction of sp³-hybridized carbons (Fsp3) is 0.458. The third kappa shape index (κ3) is 10.8. The first-order valence-electron chi connectivity index (χ1n) is 12.4. The molecule has 2 rings (SSSR count). The number of carboxylic acids is 1. The molecule has 1 fully saturated rings. The van der Waals surface area contributed by atoms with Crippen LogP contribution in [0.5, 0.6) is 0 Å². The number of nitrogens with one attached hydrogen (secondary N) is 5. The Morgan fingerprint density at radius 3 is 2.10 bits per heavy atom. The van der Waals surface area contributed by atoms with Gasteiger partial charge in [-0.3, -0.25) is 33.8 Å². The van der Waals surface area contributed by atoms with Crippen LogP contribution in [0.4, 0.5) is 0 Å². The van der Waals surface area contributed by atoms with E-state index in [9.17, 15) is 33.9 Å². The number of nitrogens with zero attached hydrogens (tertiary/aromatic N) is 1. The molecule has 1 aliphatic rings. The van der Waals surface area contributed by atoms with Crippen LogP contribution in [0.2, 0.25) is 0 Å². The van der Waals surface area contributed by atoms with Gasteiger partial charge < -0.3 is 43.2 Å². The highest BCUT2D eigenvalue weighted by Crippen LogP contribution is 2.07. The fourth-order valence-electron chi connectivity index (χ4n) is 3.76. The van der Waals surface area contributed by atoms with Crippen molar-refractivity contribution >= 4 is 54.1 Å². The van der Waals surface area contributed by atoms with Crippen molar-refractivity contribution in [1.29, 1.82) is 0 Å². The summed E-state index contributed by atoms with van der Waals surface area (Å²) < 4.78 is 0. The van der Waals surface area contributed by atoms with Crippen molar-refractivity contribution in [3.8, 4) is 0 Å². The SMILES string of the molecule is NC(N)=NCCC[C@@H]1NC(=O)[C@H](CS)NC(=O)[C@@H](Cc2ccccc2)NC(=O)[C@@H](CC(=O)O)NC(=O)CNC1=O. The molecule has 1 aromatic rings. The number of rotatable bonds is 9. The van der Waals surface area contributed by atoms with Gasteiger partial charge in [0, 0.05) is 18.7 Å². The molecule has 1 saturated heterocycles. The lowest BCUT2D eigenvalue weighted by Crippen LogP contribution is -2.58. The Hall–Kier alpha value is -4.34. The van der Waals surface area contributed by atoms with Crippen molar-refractivity contribution in [3.63, 3.8) is 0 Å². The molecule has 1 heterocycles. The fourth-order valence-corrected chi connectivity index (χ4v) is 4.02. The predicted molar refractivity (Wildman–Crippen MR) is 147 cm³/mol. The van der Waals surface area contributed by atoms with E-state index in [-0.39, 0.29) is 31.1 Å². The van der Waals surface area contributed by atoms with Gasteiger partial charge in [0.05, 0.1) is 13.0 Å². The standard InChI is InChI=1S/C24H34N8O7S/c25-24(26)27-8-4-7-14-20(36)28-11-18(33)29-16(10-19(34)35)22(38)31-15(9-13-5-2-1-3-6-13)21(37)32-17(12-40)23(39)30-14/h1-3,5-6,14-17,40H,4,7-12H2,(H,28,36)(H,29,33)(H,30,39)(H,31,38)(H,32,37)(H,34,35)(H4,25,26,27)/t14-,15+,16+,17-/m0/s1. The number of amides is 5. The third-order valence-electron chi connectivity index (χ3n) is 5.76. The zero-order chi connectivity index (χ0) is 29.7. The van der Waals surface area contributed by atoms with Crippen LogP contribution in [0.3, 0.4) is 0 Å². The van der Waals surface area contributed by atoms with Crippen LogP contribution >= 0.6 is 12.6 Å². The molecule has 5 amide bonds. The van der Waals surface area contributed by atoms with Gasteiger partial charge in [-0.05, 0) is 18.4 Å². The summed E-state index contributed by atoms with van der Waals surface area (Å²) in [6.07, 6.45) is -0.404. The zero-order valence-corrected chi connectivity index (χ0v) is 22.5. The Morgan fingerprint density at radius 1 is 0.875 bits per heavy atom. The Kier molecular flexibility index (Phi) is 12.7. The summed E-state index contributed by atoms with van der Waals surface area (Å²) >= 11 is 4.15. The topological polar surface area (TPSA) is 247 Å². The molecule has 218 valence electrons. The van der Waals surface area contributed by atoms with E-state index in [1.54, 1.807) is 30.3 Å². The number of carbonyl (C=O) groups is 6. The molecule has 0 aromatic heterocycles. The number of hydrogen-bond acceptors (Lipinski definition) is 8. The quantitative estimate of drug-likeness (QED) is 0.0617. The molecule has 0 aliphatic carbocycles. The first-order chi connectivity index (χ1) is 19.0. The summed E-state index contributed by atoms with van der Waals surface area (Å²) in [6.45, 7) is -0.440. The molecule has 0 saturated carbocycles. The smallest absolute Gasteiger partial charge is 0.305 e. The van der Waals surface area contributed by atoms with Crippen LogP contribution in [0.15, 0.2) is 35.3 Å². The maximum atomic E-state index is 13.3. The summed E-state index contributed by atoms with van der Waals surface area (Å²) in [5, 5.41) is 21.5. The summed E-state index contributed by atoms with van der Waals surface area (Å²) in [5.41, 5.74) is 11.3. The van der Waals surface area contributed by atoms with Crippen molar-refractivity contribution in [2.45, 2.75) is 49.9 Å². The van der Waals surface area contributed by atoms with Crippen molar-refractivity contribution in [2.24, 2.45) is 16.5 Å². The number of aliphatic carboxylic acids is 1. The number of carbonyl (C=O) groups excluding carboxylic acids is 5. The van der Waals surface area contributed by atoms with E-state index in [0.29, 0.717) is 12.0 Å². The second-order valence-corrected chi connectivity index (χ2v) is 9.31. The third-order valence-corrected chi connectivity index (χ3v) is 6.13. The van der Waals surface area contributed by atoms with Crippen molar-refractivity contribution in [3.05, 3.63) is 35.9 Å². The van der Waals surface area contributed by atoms with Crippen LogP contribution in [-0.2, 0) is 35.2 Å². The minimum atomic E-state index is -1.55.